The molecule has 0 atom stereocenters. The van der Waals surface area contributed by atoms with Crippen LogP contribution < -0.4 is 5.32 Å². The number of hydrogen-bond donors (Lipinski definition) is 1. The molecule has 21 heavy (non-hydrogen) atoms. The predicted octanol–water partition coefficient (Wildman–Crippen LogP) is 3.28. The second kappa shape index (κ2) is 6.51. The number of carbonyl (C=O) groups is 1. The summed E-state index contributed by atoms with van der Waals surface area (Å²) in [5, 5.41) is 3.18. The lowest BCUT2D eigenvalue weighted by molar-refractivity contribution is -0.182. The summed E-state index contributed by atoms with van der Waals surface area (Å²) in [6.45, 7) is 0.377. The van der Waals surface area contributed by atoms with Crippen molar-refractivity contribution in [3.63, 3.8) is 0 Å². The Bertz CT molecular complexity index is 476. The molecule has 1 fully saturated rings. The molecule has 1 aliphatic carbocycles. The zero-order chi connectivity index (χ0) is 15.5. The highest BCUT2D eigenvalue weighted by Gasteiger charge is 2.41. The maximum Gasteiger partial charge on any atom is 0.391 e. The maximum absolute atomic E-state index is 12.6. The van der Waals surface area contributed by atoms with Crippen LogP contribution >= 0.6 is 0 Å². The van der Waals surface area contributed by atoms with Gasteiger partial charge in [0.1, 0.15) is 0 Å². The van der Waals surface area contributed by atoms with Gasteiger partial charge in [-0.05, 0) is 31.7 Å². The summed E-state index contributed by atoms with van der Waals surface area (Å²) in [5.74, 6) is -1.61. The van der Waals surface area contributed by atoms with E-state index in [1.807, 2.05) is 0 Å². The first kappa shape index (κ1) is 15.9. The molecule has 0 bridgehead atoms. The molecule has 1 aliphatic rings. The van der Waals surface area contributed by atoms with Crippen molar-refractivity contribution in [2.75, 3.05) is 7.11 Å². The van der Waals surface area contributed by atoms with Gasteiger partial charge in [0.2, 0.25) is 5.76 Å². The van der Waals surface area contributed by atoms with Crippen molar-refractivity contribution in [3.05, 3.63) is 23.7 Å². The van der Waals surface area contributed by atoms with Crippen LogP contribution in [0.25, 0.3) is 0 Å². The van der Waals surface area contributed by atoms with Crippen molar-refractivity contribution in [2.24, 2.45) is 5.92 Å². The third kappa shape index (κ3) is 4.00. The minimum Gasteiger partial charge on any atom is -0.463 e. The molecule has 1 heterocycles. The number of esters is 1. The number of carbonyl (C=O) groups excluding carboxylic acids is 1. The SMILES string of the molecule is COC(=O)c1occc1CNC1CCC(C(F)(F)F)CC1. The number of ether oxygens (including phenoxy) is 1. The monoisotopic (exact) mass is 305 g/mol. The van der Waals surface area contributed by atoms with Gasteiger partial charge in [0.05, 0.1) is 19.3 Å². The minimum atomic E-state index is -4.09. The fourth-order valence-electron chi connectivity index (χ4n) is 2.63. The average molecular weight is 305 g/mol. The summed E-state index contributed by atoms with van der Waals surface area (Å²) >= 11 is 0. The molecule has 1 saturated carbocycles. The second-order valence-electron chi connectivity index (χ2n) is 5.24. The Morgan fingerprint density at radius 3 is 2.62 bits per heavy atom. The Labute approximate surface area is 120 Å². The van der Waals surface area contributed by atoms with E-state index in [-0.39, 0.29) is 24.6 Å². The molecule has 2 rings (SSSR count). The first-order valence-electron chi connectivity index (χ1n) is 6.86. The van der Waals surface area contributed by atoms with Crippen LogP contribution in [-0.2, 0) is 11.3 Å². The molecule has 0 aliphatic heterocycles. The van der Waals surface area contributed by atoms with E-state index in [9.17, 15) is 18.0 Å². The number of methoxy groups -OCH3 is 1. The third-order valence-electron chi connectivity index (χ3n) is 3.89. The van der Waals surface area contributed by atoms with E-state index in [0.29, 0.717) is 24.9 Å². The Morgan fingerprint density at radius 1 is 1.38 bits per heavy atom. The highest BCUT2D eigenvalue weighted by molar-refractivity contribution is 5.87. The summed E-state index contributed by atoms with van der Waals surface area (Å²) in [6.07, 6.45) is -1.44. The molecule has 0 unspecified atom stereocenters. The lowest BCUT2D eigenvalue weighted by Crippen LogP contribution is -2.36. The number of hydrogen-bond acceptors (Lipinski definition) is 4. The van der Waals surface area contributed by atoms with Crippen molar-refractivity contribution in [3.8, 4) is 0 Å². The van der Waals surface area contributed by atoms with Crippen LogP contribution in [0, 0.1) is 5.92 Å². The van der Waals surface area contributed by atoms with E-state index < -0.39 is 18.1 Å². The summed E-state index contributed by atoms with van der Waals surface area (Å²) < 4.78 is 47.4. The van der Waals surface area contributed by atoms with Crippen LogP contribution in [0.15, 0.2) is 16.7 Å². The molecule has 0 radical (unpaired) electrons. The molecule has 0 spiro atoms. The van der Waals surface area contributed by atoms with Crippen molar-refractivity contribution in [1.82, 2.24) is 5.32 Å². The number of nitrogens with one attached hydrogen (secondary N) is 1. The number of alkyl halides is 3. The van der Waals surface area contributed by atoms with E-state index in [1.165, 1.54) is 13.4 Å². The van der Waals surface area contributed by atoms with Crippen molar-refractivity contribution >= 4 is 5.97 Å². The quantitative estimate of drug-likeness (QED) is 0.867. The molecule has 1 aromatic rings. The standard InChI is InChI=1S/C14H18F3NO3/c1-20-13(19)12-9(6-7-21-12)8-18-11-4-2-10(3-5-11)14(15,16)17/h6-7,10-11,18H,2-5,8H2,1H3. The number of rotatable bonds is 4. The van der Waals surface area contributed by atoms with Gasteiger partial charge in [0.15, 0.2) is 0 Å². The number of halogens is 3. The van der Waals surface area contributed by atoms with Gasteiger partial charge in [-0.25, -0.2) is 4.79 Å². The highest BCUT2D eigenvalue weighted by atomic mass is 19.4. The van der Waals surface area contributed by atoms with Crippen LogP contribution in [0.3, 0.4) is 0 Å². The van der Waals surface area contributed by atoms with E-state index >= 15 is 0 Å². The second-order valence-corrected chi connectivity index (χ2v) is 5.24. The zero-order valence-corrected chi connectivity index (χ0v) is 11.7. The van der Waals surface area contributed by atoms with Crippen LogP contribution in [0.4, 0.5) is 13.2 Å². The molecular formula is C14H18F3NO3. The first-order valence-corrected chi connectivity index (χ1v) is 6.86. The molecule has 0 aromatic carbocycles. The third-order valence-corrected chi connectivity index (χ3v) is 3.89. The number of furan rings is 1. The normalized spacial score (nSPS) is 23.0. The van der Waals surface area contributed by atoms with E-state index in [4.69, 9.17) is 4.42 Å². The van der Waals surface area contributed by atoms with Gasteiger partial charge in [-0.3, -0.25) is 0 Å². The maximum atomic E-state index is 12.6. The molecule has 0 saturated heterocycles. The fraction of sp³-hybridized carbons (Fsp3) is 0.643. The first-order chi connectivity index (χ1) is 9.91. The molecule has 7 heteroatoms. The van der Waals surface area contributed by atoms with Gasteiger partial charge < -0.3 is 14.5 Å². The largest absolute Gasteiger partial charge is 0.463 e. The van der Waals surface area contributed by atoms with Crippen LogP contribution in [-0.4, -0.2) is 25.3 Å². The Morgan fingerprint density at radius 2 is 2.05 bits per heavy atom. The van der Waals surface area contributed by atoms with Gasteiger partial charge in [0, 0.05) is 18.2 Å². The summed E-state index contributed by atoms with van der Waals surface area (Å²) in [4.78, 5) is 11.4. The van der Waals surface area contributed by atoms with E-state index in [2.05, 4.69) is 10.1 Å². The van der Waals surface area contributed by atoms with Gasteiger partial charge in [-0.2, -0.15) is 13.2 Å². The fourth-order valence-corrected chi connectivity index (χ4v) is 2.63. The molecule has 118 valence electrons. The average Bonchev–Trinajstić information content (AvgIpc) is 2.92. The van der Waals surface area contributed by atoms with Crippen LogP contribution in [0.5, 0.6) is 0 Å². The summed E-state index contributed by atoms with van der Waals surface area (Å²) in [7, 11) is 1.26. The van der Waals surface area contributed by atoms with E-state index in [0.717, 1.165) is 0 Å². The molecular weight excluding hydrogens is 287 g/mol. The molecule has 4 nitrogen and oxygen atoms in total. The van der Waals surface area contributed by atoms with Crippen LogP contribution in [0.1, 0.15) is 41.8 Å². The minimum absolute atomic E-state index is 0.0315. The van der Waals surface area contributed by atoms with Gasteiger partial charge >= 0.3 is 12.1 Å². The lowest BCUT2D eigenvalue weighted by Gasteiger charge is -2.30. The Hall–Kier alpha value is -1.50. The Kier molecular flexibility index (Phi) is 4.92. The van der Waals surface area contributed by atoms with Crippen molar-refractivity contribution in [2.45, 2.75) is 44.4 Å². The topological polar surface area (TPSA) is 51.5 Å². The van der Waals surface area contributed by atoms with Gasteiger partial charge in [-0.1, -0.05) is 0 Å². The smallest absolute Gasteiger partial charge is 0.391 e. The Balaban J connectivity index is 1.83. The summed E-state index contributed by atoms with van der Waals surface area (Å²) in [5.41, 5.74) is 0.653. The van der Waals surface area contributed by atoms with Crippen molar-refractivity contribution < 1.29 is 27.1 Å². The highest BCUT2D eigenvalue weighted by Crippen LogP contribution is 2.37. The lowest BCUT2D eigenvalue weighted by atomic mass is 9.85. The summed E-state index contributed by atoms with van der Waals surface area (Å²) in [6, 6.07) is 1.68. The van der Waals surface area contributed by atoms with Crippen LogP contribution in [0.2, 0.25) is 0 Å². The van der Waals surface area contributed by atoms with Gasteiger partial charge in [0.25, 0.3) is 0 Å². The zero-order valence-electron chi connectivity index (χ0n) is 11.7. The van der Waals surface area contributed by atoms with E-state index in [1.54, 1.807) is 6.07 Å². The molecule has 1 N–H and O–H groups in total. The van der Waals surface area contributed by atoms with Crippen molar-refractivity contribution in [1.29, 1.82) is 0 Å². The predicted molar refractivity (Wildman–Crippen MR) is 68.7 cm³/mol. The molecule has 0 amide bonds. The molecule has 1 aromatic heterocycles. The van der Waals surface area contributed by atoms with Gasteiger partial charge in [-0.15, -0.1) is 0 Å².